The van der Waals surface area contributed by atoms with Crippen LogP contribution in [0.25, 0.3) is 0 Å². The van der Waals surface area contributed by atoms with Gasteiger partial charge in [0.15, 0.2) is 5.17 Å². The number of rotatable bonds is 5. The molecule has 11 heteroatoms. The zero-order valence-corrected chi connectivity index (χ0v) is 17.9. The lowest BCUT2D eigenvalue weighted by Gasteiger charge is -2.13. The maximum atomic E-state index is 12.8. The maximum Gasteiger partial charge on any atom is 0.416 e. The first kappa shape index (κ1) is 23.0. The first-order valence-corrected chi connectivity index (χ1v) is 10.2. The number of halogens is 4. The van der Waals surface area contributed by atoms with Crippen molar-refractivity contribution in [3.05, 3.63) is 52.5 Å². The van der Waals surface area contributed by atoms with Crippen molar-refractivity contribution in [2.45, 2.75) is 24.8 Å². The zero-order valence-electron chi connectivity index (χ0n) is 16.3. The fourth-order valence-corrected chi connectivity index (χ4v) is 3.90. The van der Waals surface area contributed by atoms with Crippen LogP contribution < -0.4 is 15.4 Å². The number of aryl methyl sites for hydroxylation is 1. The molecule has 2 N–H and O–H groups in total. The number of alkyl halides is 3. The van der Waals surface area contributed by atoms with E-state index in [9.17, 15) is 22.8 Å². The van der Waals surface area contributed by atoms with Gasteiger partial charge in [0.1, 0.15) is 11.0 Å². The van der Waals surface area contributed by atoms with E-state index < -0.39 is 28.8 Å². The van der Waals surface area contributed by atoms with Crippen molar-refractivity contribution >= 4 is 51.7 Å². The largest absolute Gasteiger partial charge is 0.495 e. The van der Waals surface area contributed by atoms with Gasteiger partial charge < -0.3 is 15.4 Å². The monoisotopic (exact) mass is 471 g/mol. The number of benzene rings is 2. The highest BCUT2D eigenvalue weighted by molar-refractivity contribution is 8.15. The molecule has 1 heterocycles. The summed E-state index contributed by atoms with van der Waals surface area (Å²) in [6, 6.07) is 7.67. The molecular formula is C20H17ClF3N3O3S. The van der Waals surface area contributed by atoms with Gasteiger partial charge in [-0.05, 0) is 36.8 Å². The number of carbonyl (C=O) groups excluding carboxylic acids is 2. The Labute approximate surface area is 185 Å². The molecule has 0 radical (unpaired) electrons. The third-order valence-corrected chi connectivity index (χ3v) is 5.80. The molecule has 6 nitrogen and oxygen atoms in total. The lowest BCUT2D eigenvalue weighted by Crippen LogP contribution is -2.28. The Morgan fingerprint density at radius 2 is 2.06 bits per heavy atom. The minimum Gasteiger partial charge on any atom is -0.495 e. The summed E-state index contributed by atoms with van der Waals surface area (Å²) >= 11 is 7.03. The van der Waals surface area contributed by atoms with Crippen molar-refractivity contribution in [3.63, 3.8) is 0 Å². The van der Waals surface area contributed by atoms with Crippen molar-refractivity contribution in [1.82, 2.24) is 5.32 Å². The van der Waals surface area contributed by atoms with Crippen LogP contribution in [0.3, 0.4) is 0 Å². The first-order chi connectivity index (χ1) is 14.6. The second kappa shape index (κ2) is 9.19. The number of anilines is 1. The Morgan fingerprint density at radius 3 is 2.74 bits per heavy atom. The molecular weight excluding hydrogens is 455 g/mol. The number of amidine groups is 1. The quantitative estimate of drug-likeness (QED) is 0.648. The minimum atomic E-state index is -4.50. The molecule has 164 valence electrons. The van der Waals surface area contributed by atoms with Crippen LogP contribution in [0.5, 0.6) is 5.75 Å². The van der Waals surface area contributed by atoms with E-state index in [2.05, 4.69) is 15.6 Å². The molecule has 1 aliphatic rings. The highest BCUT2D eigenvalue weighted by Crippen LogP contribution is 2.33. The van der Waals surface area contributed by atoms with Crippen LogP contribution in [0.2, 0.25) is 5.02 Å². The highest BCUT2D eigenvalue weighted by Gasteiger charge is 2.33. The fraction of sp³-hybridized carbons (Fsp3) is 0.250. The minimum absolute atomic E-state index is 0.0455. The molecule has 0 saturated carbocycles. The summed E-state index contributed by atoms with van der Waals surface area (Å²) in [5.74, 6) is -0.516. The number of thioether (sulfide) groups is 1. The molecule has 1 aliphatic heterocycles. The molecule has 1 fully saturated rings. The van der Waals surface area contributed by atoms with Gasteiger partial charge in [-0.25, -0.2) is 4.99 Å². The molecule has 0 aromatic heterocycles. The second-order valence-corrected chi connectivity index (χ2v) is 8.21. The molecule has 0 unspecified atom stereocenters. The van der Waals surface area contributed by atoms with Gasteiger partial charge >= 0.3 is 6.18 Å². The number of amides is 2. The Hall–Kier alpha value is -2.72. The van der Waals surface area contributed by atoms with E-state index in [4.69, 9.17) is 16.3 Å². The summed E-state index contributed by atoms with van der Waals surface area (Å²) in [5.41, 5.74) is 0.354. The number of nitrogens with zero attached hydrogens (tertiary/aromatic N) is 1. The average Bonchev–Trinajstić information content (AvgIpc) is 3.02. The van der Waals surface area contributed by atoms with E-state index in [-0.39, 0.29) is 17.3 Å². The number of ether oxygens (including phenoxy) is 1. The van der Waals surface area contributed by atoms with Crippen molar-refractivity contribution < 1.29 is 27.5 Å². The average molecular weight is 472 g/mol. The van der Waals surface area contributed by atoms with Crippen LogP contribution in [0.4, 0.5) is 24.5 Å². The molecule has 31 heavy (non-hydrogen) atoms. The summed E-state index contributed by atoms with van der Waals surface area (Å²) in [6.45, 7) is 1.77. The van der Waals surface area contributed by atoms with Gasteiger partial charge in [-0.1, -0.05) is 29.4 Å². The van der Waals surface area contributed by atoms with Gasteiger partial charge in [0.05, 0.1) is 24.0 Å². The van der Waals surface area contributed by atoms with Crippen LogP contribution in [0.15, 0.2) is 41.4 Å². The van der Waals surface area contributed by atoms with E-state index in [0.29, 0.717) is 16.5 Å². The molecule has 0 spiro atoms. The Balaban J connectivity index is 1.68. The number of carbonyl (C=O) groups is 2. The Bertz CT molecular complexity index is 1060. The topological polar surface area (TPSA) is 79.8 Å². The van der Waals surface area contributed by atoms with E-state index >= 15 is 0 Å². The normalized spacial score (nSPS) is 17.5. The third-order valence-electron chi connectivity index (χ3n) is 4.31. The summed E-state index contributed by atoms with van der Waals surface area (Å²) in [5, 5.41) is 5.01. The van der Waals surface area contributed by atoms with Crippen LogP contribution in [-0.2, 0) is 15.8 Å². The van der Waals surface area contributed by atoms with Crippen molar-refractivity contribution in [3.8, 4) is 5.75 Å². The molecule has 2 aromatic carbocycles. The summed E-state index contributed by atoms with van der Waals surface area (Å²) in [6.07, 6.45) is -4.66. The van der Waals surface area contributed by atoms with Crippen LogP contribution in [0, 0.1) is 6.92 Å². The molecule has 0 bridgehead atoms. The molecule has 2 amide bonds. The summed E-state index contributed by atoms with van der Waals surface area (Å²) in [7, 11) is 1.44. The molecule has 1 saturated heterocycles. The second-order valence-electron chi connectivity index (χ2n) is 6.61. The molecule has 2 aromatic rings. The SMILES string of the molecule is COc1cc(Cl)c(C)cc1NC(=O)C[C@H]1SC(=Nc2cccc(C(F)(F)F)c2)NC1=O. The number of aliphatic imine (C=N–C) groups is 1. The van der Waals surface area contributed by atoms with Gasteiger partial charge in [0.2, 0.25) is 11.8 Å². The fourth-order valence-electron chi connectivity index (χ4n) is 2.76. The Kier molecular flexibility index (Phi) is 6.80. The zero-order chi connectivity index (χ0) is 22.8. The van der Waals surface area contributed by atoms with Crippen LogP contribution in [0.1, 0.15) is 17.5 Å². The lowest BCUT2D eigenvalue weighted by atomic mass is 10.2. The van der Waals surface area contributed by atoms with Gasteiger partial charge in [0.25, 0.3) is 0 Å². The van der Waals surface area contributed by atoms with E-state index in [1.54, 1.807) is 19.1 Å². The van der Waals surface area contributed by atoms with E-state index in [1.165, 1.54) is 19.2 Å². The lowest BCUT2D eigenvalue weighted by molar-refractivity contribution is -0.137. The van der Waals surface area contributed by atoms with Gasteiger partial charge in [-0.2, -0.15) is 13.2 Å². The van der Waals surface area contributed by atoms with Gasteiger partial charge in [-0.3, -0.25) is 9.59 Å². The van der Waals surface area contributed by atoms with E-state index in [0.717, 1.165) is 29.5 Å². The standard InChI is InChI=1S/C20H17ClF3N3O3S/c1-10-6-14(15(30-2)8-13(10)21)26-17(28)9-16-18(29)27-19(31-16)25-12-5-3-4-11(7-12)20(22,23)24/h3-8,16H,9H2,1-2H3,(H,26,28)(H,25,27,29)/t16-/m1/s1. The number of hydrogen-bond donors (Lipinski definition) is 2. The van der Waals surface area contributed by atoms with Crippen molar-refractivity contribution in [1.29, 1.82) is 0 Å². The van der Waals surface area contributed by atoms with Crippen LogP contribution in [-0.4, -0.2) is 29.3 Å². The molecule has 3 rings (SSSR count). The first-order valence-electron chi connectivity index (χ1n) is 8.94. The smallest absolute Gasteiger partial charge is 0.416 e. The summed E-state index contributed by atoms with van der Waals surface area (Å²) in [4.78, 5) is 28.7. The highest BCUT2D eigenvalue weighted by atomic mass is 35.5. The third kappa shape index (κ3) is 5.71. The van der Waals surface area contributed by atoms with E-state index in [1.807, 2.05) is 0 Å². The van der Waals surface area contributed by atoms with Gasteiger partial charge in [0, 0.05) is 17.5 Å². The number of hydrogen-bond acceptors (Lipinski definition) is 5. The Morgan fingerprint density at radius 1 is 1.32 bits per heavy atom. The predicted molar refractivity (Wildman–Crippen MR) is 114 cm³/mol. The molecule has 0 aliphatic carbocycles. The van der Waals surface area contributed by atoms with Gasteiger partial charge in [-0.15, -0.1) is 0 Å². The maximum absolute atomic E-state index is 12.8. The van der Waals surface area contributed by atoms with Crippen LogP contribution >= 0.6 is 23.4 Å². The van der Waals surface area contributed by atoms with Crippen molar-refractivity contribution in [2.75, 3.05) is 12.4 Å². The predicted octanol–water partition coefficient (Wildman–Crippen LogP) is 4.92. The number of nitrogens with one attached hydrogen (secondary N) is 2. The number of methoxy groups -OCH3 is 1. The van der Waals surface area contributed by atoms with Crippen molar-refractivity contribution in [2.24, 2.45) is 4.99 Å². The summed E-state index contributed by atoms with van der Waals surface area (Å²) < 4.78 is 43.7. The molecule has 1 atom stereocenters.